The number of carbonyl (C=O) groups is 1. The molecule has 1 aromatic carbocycles. The van der Waals surface area contributed by atoms with Gasteiger partial charge in [-0.05, 0) is 30.2 Å². The fourth-order valence-corrected chi connectivity index (χ4v) is 3.19. The van der Waals surface area contributed by atoms with E-state index in [4.69, 9.17) is 13.6 Å². The smallest absolute Gasteiger partial charge is 0.404 e. The van der Waals surface area contributed by atoms with Gasteiger partial charge in [-0.1, -0.05) is 6.07 Å². The first-order valence-corrected chi connectivity index (χ1v) is 7.93. The Hall–Kier alpha value is -3.31. The largest absolute Gasteiger partial charge is 0.465 e. The molecule has 1 aromatic heterocycles. The van der Waals surface area contributed by atoms with E-state index in [9.17, 15) is 15.2 Å². The predicted octanol–water partition coefficient (Wildman–Crippen LogP) is 1.41. The molecule has 8 heteroatoms. The van der Waals surface area contributed by atoms with Crippen LogP contribution in [0.15, 0.2) is 36.7 Å². The van der Waals surface area contributed by atoms with E-state index in [2.05, 4.69) is 16.4 Å². The average molecular weight is 355 g/mol. The molecule has 0 unspecified atom stereocenters. The molecule has 0 bridgehead atoms. The number of nitrogens with one attached hydrogen (secondary N) is 1. The van der Waals surface area contributed by atoms with Crippen molar-refractivity contribution in [1.82, 2.24) is 10.3 Å². The summed E-state index contributed by atoms with van der Waals surface area (Å²) in [5, 5.41) is 30.6. The third kappa shape index (κ3) is 3.38. The van der Waals surface area contributed by atoms with Crippen molar-refractivity contribution in [3.63, 3.8) is 0 Å². The number of nitrogens with zero attached hydrogens (tertiary/aromatic N) is 3. The minimum atomic E-state index is -2.57. The van der Waals surface area contributed by atoms with Gasteiger partial charge in [0.1, 0.15) is 0 Å². The van der Waals surface area contributed by atoms with E-state index in [0.717, 1.165) is 0 Å². The van der Waals surface area contributed by atoms with E-state index >= 15 is 0 Å². The average Bonchev–Trinajstić information content (AvgIpc) is 3.05. The number of rotatable bonds is 4. The summed E-state index contributed by atoms with van der Waals surface area (Å²) in [5.41, 5.74) is 8.57. The van der Waals surface area contributed by atoms with E-state index in [-0.39, 0.29) is 13.0 Å². The van der Waals surface area contributed by atoms with Crippen molar-refractivity contribution < 1.29 is 17.7 Å². The molecule has 0 radical (unpaired) electrons. The molecule has 0 spiro atoms. The first kappa shape index (κ1) is 15.0. The normalized spacial score (nSPS) is 20.8. The molecule has 2 heterocycles. The van der Waals surface area contributed by atoms with Gasteiger partial charge in [0.2, 0.25) is 0 Å². The molecule has 1 aliphatic rings. The summed E-state index contributed by atoms with van der Waals surface area (Å²) >= 11 is 0. The summed E-state index contributed by atoms with van der Waals surface area (Å²) in [5.74, 6) is 0. The Morgan fingerprint density at radius 2 is 2.35 bits per heavy atom. The van der Waals surface area contributed by atoms with Crippen LogP contribution in [-0.2, 0) is 0 Å². The van der Waals surface area contributed by atoms with Crippen molar-refractivity contribution in [3.05, 3.63) is 42.2 Å². The quantitative estimate of drug-likeness (QED) is 0.609. The van der Waals surface area contributed by atoms with Gasteiger partial charge in [0, 0.05) is 24.5 Å². The minimum Gasteiger partial charge on any atom is -0.465 e. The van der Waals surface area contributed by atoms with E-state index in [1.807, 2.05) is 0 Å². The molecule has 5 N–H and O–H groups in total. The Kier molecular flexibility index (Phi) is 4.20. The number of nitrogens with two attached hydrogens (primary N) is 1. The molecule has 26 heavy (non-hydrogen) atoms. The summed E-state index contributed by atoms with van der Waals surface area (Å²) in [6, 6.07) is 7.16. The fraction of sp³-hybridized carbons (Fsp3) is 0.278. The summed E-state index contributed by atoms with van der Waals surface area (Å²) in [6.07, 6.45) is 1.92. The highest BCUT2D eigenvalue weighted by atomic mass is 16.4. The van der Waals surface area contributed by atoms with Crippen molar-refractivity contribution in [2.24, 2.45) is 0 Å². The van der Waals surface area contributed by atoms with Crippen LogP contribution in [0.1, 0.15) is 14.7 Å². The van der Waals surface area contributed by atoms with Gasteiger partial charge in [0.25, 0.3) is 0 Å². The Morgan fingerprint density at radius 3 is 3.04 bits per heavy atom. The Balaban J connectivity index is 2.04. The molecular formula is C18H19N5O3. The third-order valence-corrected chi connectivity index (χ3v) is 4.37. The number of benzene rings is 1. The summed E-state index contributed by atoms with van der Waals surface area (Å²) in [6.45, 7) is -2.42. The van der Waals surface area contributed by atoms with Gasteiger partial charge in [0.05, 0.1) is 44.4 Å². The van der Waals surface area contributed by atoms with Gasteiger partial charge in [-0.25, -0.2) is 4.79 Å². The molecular weight excluding hydrogens is 334 g/mol. The molecule has 0 aliphatic carbocycles. The van der Waals surface area contributed by atoms with Gasteiger partial charge in [0.15, 0.2) is 0 Å². The van der Waals surface area contributed by atoms with Crippen molar-refractivity contribution in [1.29, 1.82) is 5.26 Å². The van der Waals surface area contributed by atoms with Gasteiger partial charge in [-0.15, -0.1) is 0 Å². The summed E-state index contributed by atoms with van der Waals surface area (Å²) in [7, 11) is 0. The van der Waals surface area contributed by atoms with E-state index in [1.165, 1.54) is 6.20 Å². The molecule has 1 fully saturated rings. The van der Waals surface area contributed by atoms with Gasteiger partial charge < -0.3 is 26.2 Å². The minimum absolute atomic E-state index is 0.0792. The molecule has 1 saturated heterocycles. The zero-order valence-electron chi connectivity index (χ0n) is 15.8. The highest BCUT2D eigenvalue weighted by molar-refractivity contribution is 5.79. The van der Waals surface area contributed by atoms with Crippen LogP contribution < -0.4 is 16.0 Å². The van der Waals surface area contributed by atoms with Crippen molar-refractivity contribution in [2.75, 3.05) is 23.7 Å². The number of carboxylic acid groups (broad SMARTS) is 1. The first-order valence-electron chi connectivity index (χ1n) is 8.93. The van der Waals surface area contributed by atoms with Gasteiger partial charge in [-0.2, -0.15) is 5.26 Å². The Bertz CT molecular complexity index is 942. The maximum Gasteiger partial charge on any atom is 0.404 e. The second-order valence-electron chi connectivity index (χ2n) is 5.99. The molecule has 3 rings (SSSR count). The number of aliphatic hydroxyl groups is 1. The zero-order valence-corrected chi connectivity index (χ0v) is 13.8. The number of aromatic nitrogens is 1. The van der Waals surface area contributed by atoms with Crippen molar-refractivity contribution >= 4 is 17.5 Å². The topological polar surface area (TPSA) is 136 Å². The molecule has 2 aromatic rings. The summed E-state index contributed by atoms with van der Waals surface area (Å²) < 4.78 is 15.5. The molecule has 1 aliphatic heterocycles. The second-order valence-corrected chi connectivity index (χ2v) is 5.99. The highest BCUT2D eigenvalue weighted by Crippen LogP contribution is 2.35. The monoisotopic (exact) mass is 355 g/mol. The van der Waals surface area contributed by atoms with E-state index in [0.29, 0.717) is 28.1 Å². The number of hydrogen-bond acceptors (Lipinski definition) is 6. The van der Waals surface area contributed by atoms with Gasteiger partial charge >= 0.3 is 6.09 Å². The first-order chi connectivity index (χ1) is 13.2. The van der Waals surface area contributed by atoms with Crippen LogP contribution >= 0.6 is 0 Å². The van der Waals surface area contributed by atoms with Crippen LogP contribution in [0.2, 0.25) is 0 Å². The Morgan fingerprint density at radius 1 is 1.54 bits per heavy atom. The second kappa shape index (κ2) is 7.29. The number of pyridine rings is 1. The van der Waals surface area contributed by atoms with Crippen LogP contribution in [-0.4, -0.2) is 46.5 Å². The number of anilines is 2. The molecule has 1 amide bonds. The number of nitriles is 1. The summed E-state index contributed by atoms with van der Waals surface area (Å²) in [4.78, 5) is 16.6. The highest BCUT2D eigenvalue weighted by Gasteiger charge is 2.33. The standard InChI is InChI=1S/C18H19N5O3/c19-7-12-3-4-21-8-15(12)11-1-2-16(20)17(5-11)23-9-13(22-18(25)26)6-14(23)10-24/h1-5,8,13-14,22,24H,6,9-10,20H2,(H,25,26)/t13-,14-/m0/s1/i10D2. The van der Waals surface area contributed by atoms with E-state index < -0.39 is 24.7 Å². The van der Waals surface area contributed by atoms with Crippen LogP contribution in [0.5, 0.6) is 0 Å². The Labute approximate surface area is 153 Å². The lowest BCUT2D eigenvalue weighted by atomic mass is 10.0. The number of hydrogen-bond donors (Lipinski definition) is 4. The zero-order chi connectivity index (χ0) is 20.5. The fourth-order valence-electron chi connectivity index (χ4n) is 3.19. The molecule has 0 saturated carbocycles. The van der Waals surface area contributed by atoms with Crippen LogP contribution in [0.4, 0.5) is 16.2 Å². The van der Waals surface area contributed by atoms with Crippen LogP contribution in [0, 0.1) is 11.3 Å². The lowest BCUT2D eigenvalue weighted by Crippen LogP contribution is -2.36. The lowest BCUT2D eigenvalue weighted by molar-refractivity contribution is 0.190. The SMILES string of the molecule is [2H]C([2H])(O)[C@@H]1C[C@H](NC(=O)O)CN1c1cc(-c2cnccc2C#N)ccc1N. The molecule has 8 nitrogen and oxygen atoms in total. The maximum absolute atomic E-state index is 11.0. The number of amides is 1. The van der Waals surface area contributed by atoms with Gasteiger partial charge in [-0.3, -0.25) is 4.98 Å². The maximum atomic E-state index is 11.0. The van der Waals surface area contributed by atoms with E-state index in [1.54, 1.807) is 35.4 Å². The van der Waals surface area contributed by atoms with Crippen LogP contribution in [0.3, 0.4) is 0 Å². The van der Waals surface area contributed by atoms with Crippen molar-refractivity contribution in [2.45, 2.75) is 18.5 Å². The molecule has 2 atom stereocenters. The molecule has 134 valence electrons. The lowest BCUT2D eigenvalue weighted by Gasteiger charge is -2.27. The third-order valence-electron chi connectivity index (χ3n) is 4.37. The van der Waals surface area contributed by atoms with Crippen LogP contribution in [0.25, 0.3) is 11.1 Å². The number of nitrogen functional groups attached to an aromatic ring is 1. The van der Waals surface area contributed by atoms with Crippen molar-refractivity contribution in [3.8, 4) is 17.2 Å². The predicted molar refractivity (Wildman–Crippen MR) is 96.6 cm³/mol.